The zero-order chi connectivity index (χ0) is 15.5. The second-order valence-corrected chi connectivity index (χ2v) is 7.41. The molecule has 0 aromatic heterocycles. The summed E-state index contributed by atoms with van der Waals surface area (Å²) in [6.07, 6.45) is 2.50. The third-order valence-corrected chi connectivity index (χ3v) is 3.55. The van der Waals surface area contributed by atoms with Crippen molar-refractivity contribution in [3.8, 4) is 5.75 Å². The van der Waals surface area contributed by atoms with Gasteiger partial charge in [0, 0.05) is 28.2 Å². The van der Waals surface area contributed by atoms with Crippen molar-refractivity contribution < 1.29 is 9.53 Å². The van der Waals surface area contributed by atoms with Gasteiger partial charge in [-0.25, -0.2) is 0 Å². The molecule has 0 atom stereocenters. The molecule has 1 amide bonds. The molecule has 0 bridgehead atoms. The summed E-state index contributed by atoms with van der Waals surface area (Å²) in [5.74, 6) is 0.655. The second kappa shape index (κ2) is 6.79. The maximum atomic E-state index is 11.8. The minimum atomic E-state index is -0.240. The third kappa shape index (κ3) is 6.06. The maximum Gasteiger partial charge on any atom is 0.258 e. The van der Waals surface area contributed by atoms with E-state index in [2.05, 4.69) is 26.6 Å². The summed E-state index contributed by atoms with van der Waals surface area (Å²) in [5.41, 5.74) is 0.830. The lowest BCUT2D eigenvalue weighted by atomic mass is 10.1. The number of amides is 1. The van der Waals surface area contributed by atoms with Gasteiger partial charge in [0.2, 0.25) is 0 Å². The van der Waals surface area contributed by atoms with Crippen molar-refractivity contribution in [3.05, 3.63) is 28.2 Å². The number of hydrogen-bond acceptors (Lipinski definition) is 3. The predicted octanol–water partition coefficient (Wildman–Crippen LogP) is 2.99. The Bertz CT molecular complexity index is 507. The van der Waals surface area contributed by atoms with Crippen LogP contribution in [0.2, 0.25) is 0 Å². The van der Waals surface area contributed by atoms with Gasteiger partial charge in [-0.2, -0.15) is 0 Å². The van der Waals surface area contributed by atoms with Crippen molar-refractivity contribution in [1.82, 2.24) is 10.6 Å². The predicted molar refractivity (Wildman–Crippen MR) is 87.4 cm³/mol. The van der Waals surface area contributed by atoms with Crippen molar-refractivity contribution in [2.24, 2.45) is 0 Å². The van der Waals surface area contributed by atoms with Crippen LogP contribution in [0.4, 0.5) is 0 Å². The fourth-order valence-electron chi connectivity index (χ4n) is 1.97. The van der Waals surface area contributed by atoms with Crippen LogP contribution < -0.4 is 15.4 Å². The van der Waals surface area contributed by atoms with Crippen LogP contribution in [0.1, 0.15) is 39.2 Å². The van der Waals surface area contributed by atoms with Gasteiger partial charge in [-0.3, -0.25) is 4.79 Å². The Kier molecular flexibility index (Phi) is 5.27. The molecule has 1 fully saturated rings. The van der Waals surface area contributed by atoms with Crippen LogP contribution in [0.5, 0.6) is 5.75 Å². The Labute approximate surface area is 134 Å². The molecule has 21 heavy (non-hydrogen) atoms. The van der Waals surface area contributed by atoms with Crippen molar-refractivity contribution in [2.75, 3.05) is 6.61 Å². The summed E-state index contributed by atoms with van der Waals surface area (Å²) in [4.78, 5) is 11.8. The van der Waals surface area contributed by atoms with E-state index in [9.17, 15) is 4.79 Å². The number of benzene rings is 1. The first kappa shape index (κ1) is 16.3. The largest absolute Gasteiger partial charge is 0.483 e. The second-order valence-electron chi connectivity index (χ2n) is 6.49. The molecule has 0 unspecified atom stereocenters. The molecule has 1 aliphatic carbocycles. The summed E-state index contributed by atoms with van der Waals surface area (Å²) in [7, 11) is 0. The van der Waals surface area contributed by atoms with E-state index in [1.807, 2.05) is 39.0 Å². The number of rotatable bonds is 6. The average molecular weight is 355 g/mol. The first-order valence-electron chi connectivity index (χ1n) is 7.29. The topological polar surface area (TPSA) is 50.4 Å². The number of nitrogens with one attached hydrogen (secondary N) is 2. The molecule has 0 spiro atoms. The van der Waals surface area contributed by atoms with E-state index in [4.69, 9.17) is 4.74 Å². The van der Waals surface area contributed by atoms with E-state index >= 15 is 0 Å². The lowest BCUT2D eigenvalue weighted by molar-refractivity contribution is -0.124. The van der Waals surface area contributed by atoms with Gasteiger partial charge in [0.05, 0.1) is 0 Å². The van der Waals surface area contributed by atoms with Gasteiger partial charge in [0.1, 0.15) is 5.75 Å². The molecule has 0 heterocycles. The van der Waals surface area contributed by atoms with Crippen LogP contribution in [0.15, 0.2) is 22.7 Å². The molecule has 4 nitrogen and oxygen atoms in total. The quantitative estimate of drug-likeness (QED) is 0.825. The van der Waals surface area contributed by atoms with E-state index in [1.54, 1.807) is 0 Å². The highest BCUT2D eigenvalue weighted by Gasteiger charge is 2.21. The molecule has 0 saturated heterocycles. The van der Waals surface area contributed by atoms with Crippen LogP contribution in [-0.4, -0.2) is 24.1 Å². The van der Waals surface area contributed by atoms with Crippen LogP contribution in [0, 0.1) is 0 Å². The van der Waals surface area contributed by atoms with Gasteiger partial charge in [-0.05, 0) is 51.8 Å². The van der Waals surface area contributed by atoms with Crippen molar-refractivity contribution in [2.45, 2.75) is 51.7 Å². The first-order chi connectivity index (χ1) is 9.83. The minimum absolute atomic E-state index is 0.0370. The van der Waals surface area contributed by atoms with E-state index in [1.165, 1.54) is 12.8 Å². The van der Waals surface area contributed by atoms with Crippen molar-refractivity contribution >= 4 is 21.8 Å². The number of ether oxygens (including phenoxy) is 1. The van der Waals surface area contributed by atoms with Gasteiger partial charge in [-0.15, -0.1) is 0 Å². The zero-order valence-corrected chi connectivity index (χ0v) is 14.4. The van der Waals surface area contributed by atoms with Gasteiger partial charge >= 0.3 is 0 Å². The molecular weight excluding hydrogens is 332 g/mol. The summed E-state index contributed by atoms with van der Waals surface area (Å²) < 4.78 is 6.70. The molecule has 116 valence electrons. The standard InChI is InChI=1S/C16H23BrN2O2/c1-16(2,3)19-15(20)10-21-14-7-4-12(17)8-11(14)9-18-13-5-6-13/h4,7-8,13,18H,5-6,9-10H2,1-3H3,(H,19,20). The van der Waals surface area contributed by atoms with Gasteiger partial charge in [0.15, 0.2) is 6.61 Å². The van der Waals surface area contributed by atoms with Crippen LogP contribution >= 0.6 is 15.9 Å². The fraction of sp³-hybridized carbons (Fsp3) is 0.562. The van der Waals surface area contributed by atoms with Crippen molar-refractivity contribution in [3.63, 3.8) is 0 Å². The monoisotopic (exact) mass is 354 g/mol. The third-order valence-electron chi connectivity index (χ3n) is 3.05. The Morgan fingerprint density at radius 2 is 2.10 bits per heavy atom. The lowest BCUT2D eigenvalue weighted by Gasteiger charge is -2.21. The zero-order valence-electron chi connectivity index (χ0n) is 12.8. The van der Waals surface area contributed by atoms with Gasteiger partial charge < -0.3 is 15.4 Å². The fourth-order valence-corrected chi connectivity index (χ4v) is 2.37. The highest BCUT2D eigenvalue weighted by Crippen LogP contribution is 2.25. The number of carbonyl (C=O) groups excluding carboxylic acids is 1. The normalized spacial score (nSPS) is 14.9. The Morgan fingerprint density at radius 1 is 1.38 bits per heavy atom. The van der Waals surface area contributed by atoms with Gasteiger partial charge in [-0.1, -0.05) is 15.9 Å². The number of halogens is 1. The Hall–Kier alpha value is -1.07. The SMILES string of the molecule is CC(C)(C)NC(=O)COc1ccc(Br)cc1CNC1CC1. The van der Waals surface area contributed by atoms with Crippen LogP contribution in [0.3, 0.4) is 0 Å². The Morgan fingerprint density at radius 3 is 2.71 bits per heavy atom. The van der Waals surface area contributed by atoms with Crippen LogP contribution in [-0.2, 0) is 11.3 Å². The molecule has 5 heteroatoms. The van der Waals surface area contributed by atoms with E-state index < -0.39 is 0 Å². The number of hydrogen-bond donors (Lipinski definition) is 2. The van der Waals surface area contributed by atoms with Gasteiger partial charge in [0.25, 0.3) is 5.91 Å². The van der Waals surface area contributed by atoms with Crippen LogP contribution in [0.25, 0.3) is 0 Å². The first-order valence-corrected chi connectivity index (χ1v) is 8.08. The summed E-state index contributed by atoms with van der Waals surface area (Å²) in [6.45, 7) is 6.66. The molecule has 1 saturated carbocycles. The molecule has 0 radical (unpaired) electrons. The summed E-state index contributed by atoms with van der Waals surface area (Å²) in [5, 5.41) is 6.36. The smallest absolute Gasteiger partial charge is 0.258 e. The molecular formula is C16H23BrN2O2. The molecule has 0 aliphatic heterocycles. The van der Waals surface area contributed by atoms with Crippen molar-refractivity contribution in [1.29, 1.82) is 0 Å². The van der Waals surface area contributed by atoms with E-state index in [0.29, 0.717) is 6.04 Å². The molecule has 2 rings (SSSR count). The highest BCUT2D eigenvalue weighted by atomic mass is 79.9. The minimum Gasteiger partial charge on any atom is -0.483 e. The molecule has 1 aromatic rings. The van der Waals surface area contributed by atoms with E-state index in [0.717, 1.165) is 22.3 Å². The summed E-state index contributed by atoms with van der Waals surface area (Å²) >= 11 is 3.48. The number of carbonyl (C=O) groups is 1. The lowest BCUT2D eigenvalue weighted by Crippen LogP contribution is -2.43. The average Bonchev–Trinajstić information content (AvgIpc) is 3.17. The maximum absolute atomic E-state index is 11.8. The molecule has 1 aliphatic rings. The van der Waals surface area contributed by atoms with E-state index in [-0.39, 0.29) is 18.1 Å². The summed E-state index contributed by atoms with van der Waals surface area (Å²) in [6, 6.07) is 6.50. The molecule has 2 N–H and O–H groups in total. The Balaban J connectivity index is 1.93. The molecule has 1 aromatic carbocycles. The highest BCUT2D eigenvalue weighted by molar-refractivity contribution is 9.10.